The second-order valence-corrected chi connectivity index (χ2v) is 4.79. The Morgan fingerprint density at radius 3 is 2.00 bits per heavy atom. The number of aryl methyl sites for hydroxylation is 2. The van der Waals surface area contributed by atoms with Gasteiger partial charge >= 0.3 is 0 Å². The molecule has 3 heteroatoms. The lowest BCUT2D eigenvalue weighted by molar-refractivity contribution is 0.150. The van der Waals surface area contributed by atoms with Crippen molar-refractivity contribution in [3.8, 4) is 0 Å². The Morgan fingerprint density at radius 2 is 1.42 bits per heavy atom. The number of aliphatic hydroxyl groups excluding tert-OH is 1. The minimum Gasteiger partial charge on any atom is -0.384 e. The number of halogens is 2. The average Bonchev–Trinajstić information content (AvgIpc) is 2.37. The Labute approximate surface area is 111 Å². The summed E-state index contributed by atoms with van der Waals surface area (Å²) in [6.45, 7) is 3.89. The van der Waals surface area contributed by atoms with Gasteiger partial charge in [-0.25, -0.2) is 8.78 Å². The van der Waals surface area contributed by atoms with Crippen molar-refractivity contribution in [1.29, 1.82) is 0 Å². The van der Waals surface area contributed by atoms with Crippen molar-refractivity contribution in [1.82, 2.24) is 0 Å². The molecule has 1 N–H and O–H groups in total. The van der Waals surface area contributed by atoms with E-state index in [2.05, 4.69) is 0 Å². The topological polar surface area (TPSA) is 20.2 Å². The van der Waals surface area contributed by atoms with Gasteiger partial charge in [0.1, 0.15) is 6.10 Å². The van der Waals surface area contributed by atoms with Gasteiger partial charge in [-0.3, -0.25) is 0 Å². The highest BCUT2D eigenvalue weighted by Crippen LogP contribution is 2.27. The third-order valence-electron chi connectivity index (χ3n) is 3.04. The smallest absolute Gasteiger partial charge is 0.263 e. The zero-order valence-corrected chi connectivity index (χ0v) is 10.9. The zero-order valence-electron chi connectivity index (χ0n) is 10.9. The first-order chi connectivity index (χ1) is 8.97. The summed E-state index contributed by atoms with van der Waals surface area (Å²) in [5.41, 5.74) is 3.23. The Bertz CT molecular complexity index is 558. The molecular formula is C16H16F2O. The molecule has 0 aliphatic heterocycles. The van der Waals surface area contributed by atoms with E-state index in [1.807, 2.05) is 32.0 Å². The molecule has 0 radical (unpaired) electrons. The summed E-state index contributed by atoms with van der Waals surface area (Å²) >= 11 is 0. The van der Waals surface area contributed by atoms with Gasteiger partial charge in [-0.2, -0.15) is 0 Å². The standard InChI is InChI=1S/C16H16F2O/c1-10-6-11(2)8-14(7-10)15(19)12-4-3-5-13(9-12)16(17)18/h3-9,15-16,19H,1-2H3. The van der Waals surface area contributed by atoms with E-state index in [9.17, 15) is 13.9 Å². The Balaban J connectivity index is 2.38. The molecule has 1 atom stereocenters. The quantitative estimate of drug-likeness (QED) is 0.873. The molecule has 100 valence electrons. The van der Waals surface area contributed by atoms with Crippen molar-refractivity contribution in [2.75, 3.05) is 0 Å². The van der Waals surface area contributed by atoms with Crippen LogP contribution in [0, 0.1) is 13.8 Å². The predicted octanol–water partition coefficient (Wildman–Crippen LogP) is 4.32. The van der Waals surface area contributed by atoms with Gasteiger partial charge in [0.15, 0.2) is 0 Å². The molecule has 0 saturated heterocycles. The van der Waals surface area contributed by atoms with Crippen LogP contribution in [0.3, 0.4) is 0 Å². The average molecular weight is 262 g/mol. The fourth-order valence-electron chi connectivity index (χ4n) is 2.23. The summed E-state index contributed by atoms with van der Waals surface area (Å²) in [5, 5.41) is 10.3. The zero-order chi connectivity index (χ0) is 14.0. The third-order valence-corrected chi connectivity index (χ3v) is 3.04. The third kappa shape index (κ3) is 3.18. The van der Waals surface area contributed by atoms with E-state index >= 15 is 0 Å². The minimum absolute atomic E-state index is 0.0686. The maximum absolute atomic E-state index is 12.7. The highest BCUT2D eigenvalue weighted by Gasteiger charge is 2.14. The van der Waals surface area contributed by atoms with Gasteiger partial charge in [0.2, 0.25) is 0 Å². The van der Waals surface area contributed by atoms with Crippen molar-refractivity contribution >= 4 is 0 Å². The predicted molar refractivity (Wildman–Crippen MR) is 71.4 cm³/mol. The molecule has 0 saturated carbocycles. The Morgan fingerprint density at radius 1 is 0.842 bits per heavy atom. The molecule has 0 aromatic heterocycles. The van der Waals surface area contributed by atoms with Crippen LogP contribution in [-0.4, -0.2) is 5.11 Å². The first kappa shape index (κ1) is 13.7. The number of hydrogen-bond acceptors (Lipinski definition) is 1. The van der Waals surface area contributed by atoms with Gasteiger partial charge < -0.3 is 5.11 Å². The van der Waals surface area contributed by atoms with Crippen LogP contribution in [0.25, 0.3) is 0 Å². The van der Waals surface area contributed by atoms with Gasteiger partial charge in [0.25, 0.3) is 6.43 Å². The lowest BCUT2D eigenvalue weighted by Crippen LogP contribution is -2.01. The number of aliphatic hydroxyl groups is 1. The van der Waals surface area contributed by atoms with Gasteiger partial charge in [0.05, 0.1) is 0 Å². The second kappa shape index (κ2) is 5.49. The van der Waals surface area contributed by atoms with E-state index in [0.29, 0.717) is 5.56 Å². The SMILES string of the molecule is Cc1cc(C)cc(C(O)c2cccc(C(F)F)c2)c1. The summed E-state index contributed by atoms with van der Waals surface area (Å²) in [6.07, 6.45) is -3.40. The summed E-state index contributed by atoms with van der Waals surface area (Å²) < 4.78 is 25.3. The monoisotopic (exact) mass is 262 g/mol. The molecule has 0 heterocycles. The lowest BCUT2D eigenvalue weighted by Gasteiger charge is -2.14. The summed E-state index contributed by atoms with van der Waals surface area (Å²) in [4.78, 5) is 0. The van der Waals surface area contributed by atoms with E-state index in [1.165, 1.54) is 12.1 Å². The first-order valence-electron chi connectivity index (χ1n) is 6.11. The molecule has 0 bridgehead atoms. The summed E-state index contributed by atoms with van der Waals surface area (Å²) in [5.74, 6) is 0. The normalized spacial score (nSPS) is 12.7. The van der Waals surface area contributed by atoms with Crippen molar-refractivity contribution in [3.05, 3.63) is 70.3 Å². The van der Waals surface area contributed by atoms with Crippen LogP contribution in [0.15, 0.2) is 42.5 Å². The van der Waals surface area contributed by atoms with Crippen LogP contribution in [-0.2, 0) is 0 Å². The largest absolute Gasteiger partial charge is 0.384 e. The molecule has 19 heavy (non-hydrogen) atoms. The Hall–Kier alpha value is -1.74. The summed E-state index contributed by atoms with van der Waals surface area (Å²) in [6, 6.07) is 11.7. The van der Waals surface area contributed by atoms with Gasteiger partial charge in [0, 0.05) is 5.56 Å². The number of alkyl halides is 2. The van der Waals surface area contributed by atoms with E-state index < -0.39 is 12.5 Å². The molecular weight excluding hydrogens is 246 g/mol. The van der Waals surface area contributed by atoms with E-state index in [4.69, 9.17) is 0 Å². The molecule has 0 aliphatic carbocycles. The summed E-state index contributed by atoms with van der Waals surface area (Å²) in [7, 11) is 0. The van der Waals surface area contributed by atoms with Crippen LogP contribution < -0.4 is 0 Å². The molecule has 1 nitrogen and oxygen atoms in total. The number of rotatable bonds is 3. The van der Waals surface area contributed by atoms with Gasteiger partial charge in [-0.15, -0.1) is 0 Å². The first-order valence-corrected chi connectivity index (χ1v) is 6.11. The number of benzene rings is 2. The molecule has 0 aliphatic rings. The maximum atomic E-state index is 12.7. The van der Waals surface area contributed by atoms with E-state index in [-0.39, 0.29) is 5.56 Å². The van der Waals surface area contributed by atoms with Crippen LogP contribution in [0.5, 0.6) is 0 Å². The molecule has 2 aromatic rings. The molecule has 2 rings (SSSR count). The van der Waals surface area contributed by atoms with E-state index in [0.717, 1.165) is 16.7 Å². The van der Waals surface area contributed by atoms with Crippen molar-refractivity contribution in [3.63, 3.8) is 0 Å². The van der Waals surface area contributed by atoms with Crippen LogP contribution >= 0.6 is 0 Å². The van der Waals surface area contributed by atoms with Crippen LogP contribution in [0.2, 0.25) is 0 Å². The molecule has 0 fully saturated rings. The molecule has 0 spiro atoms. The van der Waals surface area contributed by atoms with Crippen molar-refractivity contribution in [2.45, 2.75) is 26.4 Å². The van der Waals surface area contributed by atoms with Crippen LogP contribution in [0.1, 0.15) is 40.3 Å². The van der Waals surface area contributed by atoms with Crippen molar-refractivity contribution < 1.29 is 13.9 Å². The fraction of sp³-hybridized carbons (Fsp3) is 0.250. The van der Waals surface area contributed by atoms with Crippen LogP contribution in [0.4, 0.5) is 8.78 Å². The fourth-order valence-corrected chi connectivity index (χ4v) is 2.23. The maximum Gasteiger partial charge on any atom is 0.263 e. The molecule has 1 unspecified atom stereocenters. The van der Waals surface area contributed by atoms with Gasteiger partial charge in [-0.1, -0.05) is 47.5 Å². The lowest BCUT2D eigenvalue weighted by atomic mass is 9.97. The highest BCUT2D eigenvalue weighted by atomic mass is 19.3. The number of hydrogen-bond donors (Lipinski definition) is 1. The second-order valence-electron chi connectivity index (χ2n) is 4.79. The van der Waals surface area contributed by atoms with E-state index in [1.54, 1.807) is 12.1 Å². The van der Waals surface area contributed by atoms with Gasteiger partial charge in [-0.05, 0) is 31.0 Å². The van der Waals surface area contributed by atoms with Crippen molar-refractivity contribution in [2.24, 2.45) is 0 Å². The molecule has 2 aromatic carbocycles. The minimum atomic E-state index is -2.52. The Kier molecular flexibility index (Phi) is 3.96. The highest BCUT2D eigenvalue weighted by molar-refractivity contribution is 5.37. The molecule has 0 amide bonds.